The van der Waals surface area contributed by atoms with Gasteiger partial charge >= 0.3 is 0 Å². The third-order valence-corrected chi connectivity index (χ3v) is 4.99. The first-order chi connectivity index (χ1) is 13.1. The summed E-state index contributed by atoms with van der Waals surface area (Å²) in [5, 5.41) is 3.89. The van der Waals surface area contributed by atoms with Crippen molar-refractivity contribution in [3.63, 3.8) is 0 Å². The van der Waals surface area contributed by atoms with E-state index in [-0.39, 0.29) is 11.8 Å². The molecule has 1 fully saturated rings. The summed E-state index contributed by atoms with van der Waals surface area (Å²) in [6.07, 6.45) is 2.47. The monoisotopic (exact) mass is 394 g/mol. The summed E-state index contributed by atoms with van der Waals surface area (Å²) in [6, 6.07) is 3.80. The maximum Gasteiger partial charge on any atom is 0.217 e. The van der Waals surface area contributed by atoms with E-state index in [1.807, 2.05) is 19.1 Å². The third kappa shape index (κ3) is 5.19. The molecule has 0 saturated carbocycles. The second-order valence-corrected chi connectivity index (χ2v) is 7.30. The minimum absolute atomic E-state index is 0.241. The smallest absolute Gasteiger partial charge is 0.217 e. The largest absolute Gasteiger partial charge is 0.486 e. The lowest BCUT2D eigenvalue weighted by Crippen LogP contribution is -2.47. The van der Waals surface area contributed by atoms with Crippen molar-refractivity contribution in [3.8, 4) is 11.5 Å². The number of piperidine rings is 1. The molecule has 0 bridgehead atoms. The number of amides is 1. The number of nitrogens with one attached hydrogen (secondary N) is 1. The van der Waals surface area contributed by atoms with Crippen molar-refractivity contribution in [1.29, 1.82) is 0 Å². The predicted molar refractivity (Wildman–Crippen MR) is 105 cm³/mol. The van der Waals surface area contributed by atoms with Crippen molar-refractivity contribution in [3.05, 3.63) is 22.7 Å². The van der Waals surface area contributed by atoms with Gasteiger partial charge in [-0.3, -0.25) is 4.79 Å². The van der Waals surface area contributed by atoms with Crippen molar-refractivity contribution in [2.75, 3.05) is 32.8 Å². The van der Waals surface area contributed by atoms with Gasteiger partial charge in [0.15, 0.2) is 17.5 Å². The molecule has 148 valence electrons. The molecule has 7 nitrogen and oxygen atoms in total. The first-order valence-corrected chi connectivity index (χ1v) is 9.84. The summed E-state index contributed by atoms with van der Waals surface area (Å²) in [7, 11) is 0. The second kappa shape index (κ2) is 9.17. The fourth-order valence-corrected chi connectivity index (χ4v) is 3.84. The van der Waals surface area contributed by atoms with E-state index in [0.717, 1.165) is 44.0 Å². The Kier molecular flexibility index (Phi) is 6.66. The fraction of sp³-hybridized carbons (Fsp3) is 0.579. The molecule has 0 aromatic heterocycles. The topological polar surface area (TPSA) is 89.2 Å². The molecule has 8 heteroatoms. The van der Waals surface area contributed by atoms with Crippen LogP contribution in [0.1, 0.15) is 31.7 Å². The Morgan fingerprint density at radius 3 is 3.00 bits per heavy atom. The molecule has 1 aromatic carbocycles. The molecule has 2 aliphatic heterocycles. The maximum absolute atomic E-state index is 11.3. The Balaban J connectivity index is 1.72. The molecule has 1 atom stereocenters. The van der Waals surface area contributed by atoms with Crippen LogP contribution in [-0.4, -0.2) is 49.6 Å². The molecule has 1 unspecified atom stereocenters. The molecule has 3 rings (SSSR count). The molecule has 0 radical (unpaired) electrons. The fourth-order valence-electron chi connectivity index (χ4n) is 3.56. The zero-order valence-corrected chi connectivity index (χ0v) is 16.4. The zero-order valence-electron chi connectivity index (χ0n) is 15.7. The first-order valence-electron chi connectivity index (χ1n) is 9.46. The number of likely N-dealkylation sites (tertiary alicyclic amines) is 1. The van der Waals surface area contributed by atoms with E-state index in [9.17, 15) is 4.79 Å². The average Bonchev–Trinajstić information content (AvgIpc) is 2.65. The maximum atomic E-state index is 11.3. The Labute approximate surface area is 164 Å². The lowest BCUT2D eigenvalue weighted by molar-refractivity contribution is -0.119. The molecule has 2 heterocycles. The number of nitrogens with two attached hydrogens (primary N) is 1. The Morgan fingerprint density at radius 1 is 1.41 bits per heavy atom. The Bertz CT molecular complexity index is 710. The predicted octanol–water partition coefficient (Wildman–Crippen LogP) is 2.16. The number of benzene rings is 1. The number of primary amides is 1. The van der Waals surface area contributed by atoms with Gasteiger partial charge < -0.3 is 25.4 Å². The van der Waals surface area contributed by atoms with E-state index in [1.165, 1.54) is 0 Å². The van der Waals surface area contributed by atoms with E-state index < -0.39 is 0 Å². The number of nitrogens with zero attached hydrogens (tertiary/aromatic N) is 2. The van der Waals surface area contributed by atoms with Crippen LogP contribution in [0.2, 0.25) is 5.02 Å². The lowest BCUT2D eigenvalue weighted by Gasteiger charge is -2.34. The van der Waals surface area contributed by atoms with Gasteiger partial charge in [-0.05, 0) is 43.4 Å². The van der Waals surface area contributed by atoms with Crippen LogP contribution in [0, 0.1) is 5.92 Å². The van der Waals surface area contributed by atoms with Crippen LogP contribution in [0.4, 0.5) is 0 Å². The van der Waals surface area contributed by atoms with Crippen molar-refractivity contribution in [2.24, 2.45) is 16.6 Å². The normalized spacial score (nSPS) is 19.7. The lowest BCUT2D eigenvalue weighted by atomic mass is 9.95. The van der Waals surface area contributed by atoms with Crippen LogP contribution in [0.25, 0.3) is 0 Å². The first kappa shape index (κ1) is 19.6. The summed E-state index contributed by atoms with van der Waals surface area (Å²) in [5.74, 6) is 2.16. The van der Waals surface area contributed by atoms with Crippen LogP contribution in [0.5, 0.6) is 11.5 Å². The van der Waals surface area contributed by atoms with Crippen molar-refractivity contribution >= 4 is 23.5 Å². The molecule has 1 saturated heterocycles. The number of fused-ring (bicyclic) bond motifs is 1. The SMILES string of the molecule is CCNC(=NCc1cc(Cl)c2c(c1)OCCO2)N1CCCC(CC(N)=O)C1. The molecule has 3 N–H and O–H groups in total. The van der Waals surface area contributed by atoms with Gasteiger partial charge in [-0.1, -0.05) is 11.6 Å². The molecule has 2 aliphatic rings. The summed E-state index contributed by atoms with van der Waals surface area (Å²) >= 11 is 6.32. The number of halogens is 1. The van der Waals surface area contributed by atoms with E-state index in [2.05, 4.69) is 10.2 Å². The van der Waals surface area contributed by atoms with Crippen LogP contribution in [-0.2, 0) is 11.3 Å². The van der Waals surface area contributed by atoms with Crippen LogP contribution < -0.4 is 20.5 Å². The zero-order chi connectivity index (χ0) is 19.2. The van der Waals surface area contributed by atoms with Gasteiger partial charge in [0, 0.05) is 26.1 Å². The summed E-state index contributed by atoms with van der Waals surface area (Å²) in [4.78, 5) is 18.2. The molecule has 0 spiro atoms. The van der Waals surface area contributed by atoms with E-state index in [4.69, 9.17) is 31.8 Å². The number of ether oxygens (including phenoxy) is 2. The minimum atomic E-state index is -0.241. The van der Waals surface area contributed by atoms with Crippen LogP contribution in [0.3, 0.4) is 0 Å². The minimum Gasteiger partial charge on any atom is -0.486 e. The highest BCUT2D eigenvalue weighted by atomic mass is 35.5. The van der Waals surface area contributed by atoms with Crippen LogP contribution >= 0.6 is 11.6 Å². The molecular weight excluding hydrogens is 368 g/mol. The summed E-state index contributed by atoms with van der Waals surface area (Å²) < 4.78 is 11.2. The van der Waals surface area contributed by atoms with E-state index in [1.54, 1.807) is 0 Å². The van der Waals surface area contributed by atoms with Gasteiger partial charge in [-0.2, -0.15) is 0 Å². The number of hydrogen-bond donors (Lipinski definition) is 2. The number of rotatable bonds is 5. The van der Waals surface area contributed by atoms with Crippen molar-refractivity contribution < 1.29 is 14.3 Å². The molecule has 1 aromatic rings. The van der Waals surface area contributed by atoms with Crippen LogP contribution in [0.15, 0.2) is 17.1 Å². The van der Waals surface area contributed by atoms with Crippen molar-refractivity contribution in [2.45, 2.75) is 32.7 Å². The second-order valence-electron chi connectivity index (χ2n) is 6.90. The molecular formula is C19H27ClN4O3. The highest BCUT2D eigenvalue weighted by molar-refractivity contribution is 6.32. The number of hydrogen-bond acceptors (Lipinski definition) is 4. The van der Waals surface area contributed by atoms with E-state index in [0.29, 0.717) is 42.7 Å². The third-order valence-electron chi connectivity index (χ3n) is 4.71. The van der Waals surface area contributed by atoms with Gasteiger partial charge in [0.25, 0.3) is 0 Å². The van der Waals surface area contributed by atoms with Gasteiger partial charge in [-0.25, -0.2) is 4.99 Å². The number of guanidine groups is 1. The summed E-state index contributed by atoms with van der Waals surface area (Å²) in [6.45, 7) is 6.04. The van der Waals surface area contributed by atoms with Gasteiger partial charge in [0.1, 0.15) is 13.2 Å². The molecule has 0 aliphatic carbocycles. The molecule has 1 amide bonds. The number of carbonyl (C=O) groups is 1. The van der Waals surface area contributed by atoms with Crippen molar-refractivity contribution in [1.82, 2.24) is 10.2 Å². The Morgan fingerprint density at radius 2 is 2.22 bits per heavy atom. The molecule has 27 heavy (non-hydrogen) atoms. The van der Waals surface area contributed by atoms with E-state index >= 15 is 0 Å². The van der Waals surface area contributed by atoms with Gasteiger partial charge in [0.2, 0.25) is 5.91 Å². The highest BCUT2D eigenvalue weighted by Gasteiger charge is 2.23. The Hall–Kier alpha value is -2.15. The number of carbonyl (C=O) groups excluding carboxylic acids is 1. The average molecular weight is 395 g/mol. The number of aliphatic imine (C=N–C) groups is 1. The highest BCUT2D eigenvalue weighted by Crippen LogP contribution is 2.38. The quantitative estimate of drug-likeness (QED) is 0.590. The van der Waals surface area contributed by atoms with Gasteiger partial charge in [0.05, 0.1) is 11.6 Å². The summed E-state index contributed by atoms with van der Waals surface area (Å²) in [5.41, 5.74) is 6.33. The standard InChI is InChI=1S/C19H27ClN4O3/c1-2-22-19(24-5-3-4-13(12-24)10-17(21)25)23-11-14-8-15(20)18-16(9-14)26-6-7-27-18/h8-9,13H,2-7,10-12H2,1H3,(H2,21,25)(H,22,23). The van der Waals surface area contributed by atoms with Gasteiger partial charge in [-0.15, -0.1) is 0 Å².